The summed E-state index contributed by atoms with van der Waals surface area (Å²) in [5.41, 5.74) is -3.36. The number of methoxy groups -OCH3 is 1. The lowest BCUT2D eigenvalue weighted by Crippen LogP contribution is -2.63. The lowest BCUT2D eigenvalue weighted by atomic mass is 9.46. The van der Waals surface area contributed by atoms with Crippen LogP contribution >= 0.6 is 0 Å². The number of rotatable bonds is 13. The molecule has 0 aromatic heterocycles. The van der Waals surface area contributed by atoms with Crippen LogP contribution in [0, 0.1) is 40.4 Å². The number of piperidine rings is 1. The molecule has 300 valence electrons. The van der Waals surface area contributed by atoms with E-state index in [1.54, 1.807) is 31.9 Å². The van der Waals surface area contributed by atoms with E-state index in [4.69, 9.17) is 14.2 Å². The summed E-state index contributed by atoms with van der Waals surface area (Å²) in [6.07, 6.45) is 2.88. The van der Waals surface area contributed by atoms with Crippen LogP contribution in [0.3, 0.4) is 0 Å². The molecule has 6 fully saturated rings. The lowest BCUT2D eigenvalue weighted by molar-refractivity contribution is -0.201. The standard InChI is InChI=1S/C40H65N3O10/c1-22(44)20-41-21-25-24-18-29(36(48)43-13-14-43)42-35(47)33(24)53-32(25)34(46)39(4,49)31-9-12-40(50)27-19-30(45)28-17-23(52-16-6-15-51-5)7-10-37(28,2)26(27)8-11-38(31,40)3/h19,22-26,28-29,31-35,41-42,44,46-47,49-50H,6-18,20-21H2,1-5H3. The fourth-order valence-corrected chi connectivity index (χ4v) is 12.2. The fraction of sp³-hybridized carbons (Fsp3) is 0.900. The summed E-state index contributed by atoms with van der Waals surface area (Å²) in [5.74, 6) is -1.33. The summed E-state index contributed by atoms with van der Waals surface area (Å²) in [7, 11) is 1.68. The van der Waals surface area contributed by atoms with Crippen LogP contribution in [0.2, 0.25) is 0 Å². The predicted octanol–water partition coefficient (Wildman–Crippen LogP) is 0.886. The largest absolute Gasteiger partial charge is 0.392 e. The minimum absolute atomic E-state index is 0.0279. The maximum Gasteiger partial charge on any atom is 0.239 e. The van der Waals surface area contributed by atoms with Crippen molar-refractivity contribution in [3.63, 3.8) is 0 Å². The number of amides is 1. The second kappa shape index (κ2) is 14.8. The second-order valence-electron chi connectivity index (χ2n) is 18.4. The van der Waals surface area contributed by atoms with Gasteiger partial charge in [-0.3, -0.25) is 14.9 Å². The molecule has 0 radical (unpaired) electrons. The van der Waals surface area contributed by atoms with Gasteiger partial charge in [-0.1, -0.05) is 13.8 Å². The van der Waals surface area contributed by atoms with E-state index in [2.05, 4.69) is 17.6 Å². The molecule has 4 aliphatic carbocycles. The number of aliphatic hydroxyl groups excluding tert-OH is 3. The van der Waals surface area contributed by atoms with Crippen molar-refractivity contribution in [2.45, 2.75) is 139 Å². The van der Waals surface area contributed by atoms with Gasteiger partial charge < -0.3 is 50.0 Å². The van der Waals surface area contributed by atoms with E-state index in [1.165, 1.54) is 0 Å². The molecule has 0 aromatic carbocycles. The maximum atomic E-state index is 14.0. The highest BCUT2D eigenvalue weighted by Crippen LogP contribution is 2.69. The molecule has 16 unspecified atom stereocenters. The monoisotopic (exact) mass is 747 g/mol. The van der Waals surface area contributed by atoms with Crippen LogP contribution in [0.1, 0.15) is 85.5 Å². The molecule has 16 atom stereocenters. The third-order valence-electron chi connectivity index (χ3n) is 15.3. The van der Waals surface area contributed by atoms with E-state index in [9.17, 15) is 35.1 Å². The van der Waals surface area contributed by atoms with Crippen LogP contribution in [-0.2, 0) is 23.8 Å². The number of hydrogen-bond acceptors (Lipinski definition) is 12. The highest BCUT2D eigenvalue weighted by Gasteiger charge is 2.70. The van der Waals surface area contributed by atoms with Crippen molar-refractivity contribution >= 4 is 11.7 Å². The van der Waals surface area contributed by atoms with E-state index in [0.29, 0.717) is 71.5 Å². The zero-order valence-electron chi connectivity index (χ0n) is 32.3. The van der Waals surface area contributed by atoms with Crippen molar-refractivity contribution in [2.75, 3.05) is 46.5 Å². The number of allylic oxidation sites excluding steroid dienone is 1. The molecule has 7 aliphatic rings. The van der Waals surface area contributed by atoms with Crippen molar-refractivity contribution in [3.8, 4) is 0 Å². The van der Waals surface area contributed by atoms with Crippen LogP contribution in [0.25, 0.3) is 0 Å². The summed E-state index contributed by atoms with van der Waals surface area (Å²) < 4.78 is 17.8. The summed E-state index contributed by atoms with van der Waals surface area (Å²) in [6.45, 7) is 10.9. The number of aliphatic hydroxyl groups is 5. The van der Waals surface area contributed by atoms with Gasteiger partial charge in [0.15, 0.2) is 5.78 Å². The third-order valence-corrected chi connectivity index (χ3v) is 15.3. The topological polar surface area (TPSA) is 190 Å². The normalized spacial score (nSPS) is 45.7. The Morgan fingerprint density at radius 3 is 2.58 bits per heavy atom. The van der Waals surface area contributed by atoms with Gasteiger partial charge in [0, 0.05) is 63.8 Å². The summed E-state index contributed by atoms with van der Waals surface area (Å²) in [4.78, 5) is 28.8. The van der Waals surface area contributed by atoms with E-state index < -0.39 is 59.2 Å². The molecule has 3 saturated heterocycles. The third kappa shape index (κ3) is 6.76. The van der Waals surface area contributed by atoms with Gasteiger partial charge in [-0.15, -0.1) is 0 Å². The Morgan fingerprint density at radius 1 is 1.13 bits per heavy atom. The molecule has 0 spiro atoms. The maximum absolute atomic E-state index is 14.0. The van der Waals surface area contributed by atoms with Gasteiger partial charge in [-0.2, -0.15) is 0 Å². The Bertz CT molecular complexity index is 1410. The van der Waals surface area contributed by atoms with Gasteiger partial charge in [0.1, 0.15) is 18.4 Å². The molecule has 53 heavy (non-hydrogen) atoms. The molecule has 13 heteroatoms. The van der Waals surface area contributed by atoms with Gasteiger partial charge in [0.2, 0.25) is 5.91 Å². The van der Waals surface area contributed by atoms with Gasteiger partial charge in [0.05, 0.1) is 35.6 Å². The average molecular weight is 748 g/mol. The van der Waals surface area contributed by atoms with Crippen LogP contribution in [-0.4, -0.2) is 143 Å². The minimum atomic E-state index is -1.70. The fourth-order valence-electron chi connectivity index (χ4n) is 12.2. The molecule has 0 bridgehead atoms. The smallest absolute Gasteiger partial charge is 0.239 e. The van der Waals surface area contributed by atoms with Gasteiger partial charge in [0.25, 0.3) is 0 Å². The molecule has 13 nitrogen and oxygen atoms in total. The molecular weight excluding hydrogens is 682 g/mol. The zero-order valence-corrected chi connectivity index (χ0v) is 32.3. The quantitative estimate of drug-likeness (QED) is 0.104. The first-order valence-electron chi connectivity index (χ1n) is 20.3. The molecule has 3 heterocycles. The van der Waals surface area contributed by atoms with Crippen molar-refractivity contribution in [2.24, 2.45) is 40.4 Å². The first-order chi connectivity index (χ1) is 25.1. The number of ketones is 1. The molecule has 3 aliphatic heterocycles. The first kappa shape index (κ1) is 39.7. The van der Waals surface area contributed by atoms with Crippen LogP contribution in [0.15, 0.2) is 11.6 Å². The molecule has 1 amide bonds. The number of nitrogens with zero attached hydrogens (tertiary/aromatic N) is 1. The first-order valence-corrected chi connectivity index (χ1v) is 20.3. The van der Waals surface area contributed by atoms with Gasteiger partial charge in [-0.05, 0) is 106 Å². The average Bonchev–Trinajstić information content (AvgIpc) is 3.83. The SMILES string of the molecule is COCCCOC1CCC2(C)C(C1)C(=O)C=C1C2CCC2(C)C(C(C)(O)C(O)C3OC4C(O)NC(C(=O)N5CC5)CC4C3CNCC(C)O)CCC12O. The Morgan fingerprint density at radius 2 is 1.89 bits per heavy atom. The summed E-state index contributed by atoms with van der Waals surface area (Å²) in [6, 6.07) is -0.580. The number of carbonyl (C=O) groups is 2. The summed E-state index contributed by atoms with van der Waals surface area (Å²) >= 11 is 0. The Balaban J connectivity index is 1.11. The highest BCUT2D eigenvalue weighted by atomic mass is 16.5. The Hall–Kier alpha value is -1.52. The molecular formula is C40H65N3O10. The number of fused-ring (bicyclic) bond motifs is 6. The molecule has 0 aromatic rings. The number of nitrogens with one attached hydrogen (secondary N) is 2. The van der Waals surface area contributed by atoms with Crippen molar-refractivity contribution in [1.82, 2.24) is 15.5 Å². The van der Waals surface area contributed by atoms with E-state index in [1.807, 2.05) is 6.92 Å². The van der Waals surface area contributed by atoms with Crippen molar-refractivity contribution in [1.29, 1.82) is 0 Å². The Labute approximate surface area is 314 Å². The molecule has 3 saturated carbocycles. The molecule has 7 rings (SSSR count). The minimum Gasteiger partial charge on any atom is -0.392 e. The highest BCUT2D eigenvalue weighted by molar-refractivity contribution is 5.95. The molecule has 7 N–H and O–H groups in total. The Kier molecular flexibility index (Phi) is 11.1. The van der Waals surface area contributed by atoms with E-state index in [0.717, 1.165) is 31.3 Å². The summed E-state index contributed by atoms with van der Waals surface area (Å²) in [5, 5.41) is 65.2. The van der Waals surface area contributed by atoms with Gasteiger partial charge >= 0.3 is 0 Å². The zero-order chi connectivity index (χ0) is 38.1. The number of carbonyl (C=O) groups excluding carboxylic acids is 2. The van der Waals surface area contributed by atoms with Crippen LogP contribution in [0.5, 0.6) is 0 Å². The van der Waals surface area contributed by atoms with Crippen LogP contribution < -0.4 is 10.6 Å². The lowest BCUT2D eigenvalue weighted by Gasteiger charge is -2.60. The van der Waals surface area contributed by atoms with Crippen molar-refractivity contribution < 1.29 is 49.3 Å². The van der Waals surface area contributed by atoms with Gasteiger partial charge in [-0.25, -0.2) is 0 Å². The van der Waals surface area contributed by atoms with Crippen LogP contribution in [0.4, 0.5) is 0 Å². The second-order valence-corrected chi connectivity index (χ2v) is 18.4. The number of hydrogen-bond donors (Lipinski definition) is 7. The number of ether oxygens (including phenoxy) is 3. The van der Waals surface area contributed by atoms with Crippen molar-refractivity contribution in [3.05, 3.63) is 11.6 Å². The van der Waals surface area contributed by atoms with E-state index in [-0.39, 0.29) is 46.9 Å². The predicted molar refractivity (Wildman–Crippen MR) is 194 cm³/mol. The van der Waals surface area contributed by atoms with E-state index >= 15 is 0 Å².